The van der Waals surface area contributed by atoms with Crippen LogP contribution in [0.2, 0.25) is 5.02 Å². The van der Waals surface area contributed by atoms with E-state index in [-0.39, 0.29) is 11.8 Å². The molecule has 132 valence electrons. The number of methoxy groups -OCH3 is 1. The molecule has 1 fully saturated rings. The van der Waals surface area contributed by atoms with E-state index in [1.807, 2.05) is 4.90 Å². The highest BCUT2D eigenvalue weighted by atomic mass is 35.5. The molecule has 1 heterocycles. The summed E-state index contributed by atoms with van der Waals surface area (Å²) < 4.78 is 5.32. The van der Waals surface area contributed by atoms with Crippen LogP contribution in [0.25, 0.3) is 0 Å². The first-order valence-corrected chi connectivity index (χ1v) is 8.80. The SMILES string of the molecule is COc1ccc(Cl)cc1N(CCC(=O)N1CCCCCC1)C(C)=O. The number of hydrogen-bond acceptors (Lipinski definition) is 3. The Balaban J connectivity index is 2.07. The van der Waals surface area contributed by atoms with E-state index in [2.05, 4.69) is 0 Å². The normalized spacial score (nSPS) is 14.9. The predicted octanol–water partition coefficient (Wildman–Crippen LogP) is 3.49. The molecule has 0 unspecified atom stereocenters. The van der Waals surface area contributed by atoms with Gasteiger partial charge in [-0.05, 0) is 31.0 Å². The van der Waals surface area contributed by atoms with Crippen LogP contribution >= 0.6 is 11.6 Å². The topological polar surface area (TPSA) is 49.9 Å². The van der Waals surface area contributed by atoms with E-state index in [1.165, 1.54) is 19.8 Å². The minimum Gasteiger partial charge on any atom is -0.495 e. The molecule has 1 aliphatic heterocycles. The third kappa shape index (κ3) is 4.87. The molecule has 1 aromatic rings. The summed E-state index contributed by atoms with van der Waals surface area (Å²) in [4.78, 5) is 28.0. The molecule has 0 saturated carbocycles. The lowest BCUT2D eigenvalue weighted by Gasteiger charge is -2.25. The Morgan fingerprint density at radius 3 is 2.46 bits per heavy atom. The number of hydrogen-bond donors (Lipinski definition) is 0. The van der Waals surface area contributed by atoms with Gasteiger partial charge in [0.25, 0.3) is 0 Å². The van der Waals surface area contributed by atoms with Crippen molar-refractivity contribution in [3.8, 4) is 5.75 Å². The zero-order valence-corrected chi connectivity index (χ0v) is 15.1. The summed E-state index contributed by atoms with van der Waals surface area (Å²) >= 11 is 6.06. The van der Waals surface area contributed by atoms with Gasteiger partial charge in [-0.15, -0.1) is 0 Å². The van der Waals surface area contributed by atoms with E-state index in [0.717, 1.165) is 25.9 Å². The van der Waals surface area contributed by atoms with Gasteiger partial charge in [0.2, 0.25) is 11.8 Å². The first-order chi connectivity index (χ1) is 11.5. The fourth-order valence-corrected chi connectivity index (χ4v) is 3.17. The Kier molecular flexibility index (Phi) is 6.91. The van der Waals surface area contributed by atoms with Crippen molar-refractivity contribution in [1.82, 2.24) is 4.90 Å². The third-order valence-corrected chi connectivity index (χ3v) is 4.55. The average Bonchev–Trinajstić information content (AvgIpc) is 2.84. The minimum absolute atomic E-state index is 0.101. The fraction of sp³-hybridized carbons (Fsp3) is 0.556. The molecule has 0 aromatic heterocycles. The van der Waals surface area contributed by atoms with Crippen molar-refractivity contribution in [3.63, 3.8) is 0 Å². The maximum Gasteiger partial charge on any atom is 0.224 e. The quantitative estimate of drug-likeness (QED) is 0.815. The van der Waals surface area contributed by atoms with Gasteiger partial charge in [-0.1, -0.05) is 24.4 Å². The predicted molar refractivity (Wildman–Crippen MR) is 95.7 cm³/mol. The van der Waals surface area contributed by atoms with Crippen LogP contribution in [0.1, 0.15) is 39.0 Å². The zero-order chi connectivity index (χ0) is 17.5. The number of carbonyl (C=O) groups is 2. The lowest BCUT2D eigenvalue weighted by Crippen LogP contribution is -2.37. The molecule has 24 heavy (non-hydrogen) atoms. The van der Waals surface area contributed by atoms with Crippen molar-refractivity contribution < 1.29 is 14.3 Å². The van der Waals surface area contributed by atoms with Crippen LogP contribution in [0.3, 0.4) is 0 Å². The smallest absolute Gasteiger partial charge is 0.224 e. The second kappa shape index (κ2) is 8.92. The van der Waals surface area contributed by atoms with E-state index < -0.39 is 0 Å². The molecule has 2 rings (SSSR count). The lowest BCUT2D eigenvalue weighted by atomic mass is 10.2. The Morgan fingerprint density at radius 1 is 1.21 bits per heavy atom. The standard InChI is InChI=1S/C18H25ClN2O3/c1-14(22)21(16-13-15(19)7-8-17(16)24-2)12-9-18(23)20-10-5-3-4-6-11-20/h7-8,13H,3-6,9-12H2,1-2H3. The van der Waals surface area contributed by atoms with Crippen LogP contribution in [0.15, 0.2) is 18.2 Å². The van der Waals surface area contributed by atoms with Gasteiger partial charge in [-0.25, -0.2) is 0 Å². The van der Waals surface area contributed by atoms with Gasteiger partial charge < -0.3 is 14.5 Å². The van der Waals surface area contributed by atoms with E-state index in [9.17, 15) is 9.59 Å². The molecular weight excluding hydrogens is 328 g/mol. The molecule has 0 bridgehead atoms. The highest BCUT2D eigenvalue weighted by Gasteiger charge is 2.20. The molecule has 2 amide bonds. The fourth-order valence-electron chi connectivity index (χ4n) is 3.01. The molecule has 1 saturated heterocycles. The number of rotatable bonds is 5. The van der Waals surface area contributed by atoms with Gasteiger partial charge >= 0.3 is 0 Å². The Bertz CT molecular complexity index is 584. The van der Waals surface area contributed by atoms with Crippen LogP contribution in [0.4, 0.5) is 5.69 Å². The van der Waals surface area contributed by atoms with Gasteiger partial charge in [0, 0.05) is 38.0 Å². The Labute approximate surface area is 148 Å². The average molecular weight is 353 g/mol. The summed E-state index contributed by atoms with van der Waals surface area (Å²) in [5.41, 5.74) is 0.598. The highest BCUT2D eigenvalue weighted by Crippen LogP contribution is 2.31. The summed E-state index contributed by atoms with van der Waals surface area (Å²) in [6, 6.07) is 5.13. The van der Waals surface area contributed by atoms with Crippen molar-refractivity contribution in [3.05, 3.63) is 23.2 Å². The number of anilines is 1. The van der Waals surface area contributed by atoms with Gasteiger partial charge in [-0.2, -0.15) is 0 Å². The van der Waals surface area contributed by atoms with Crippen LogP contribution < -0.4 is 9.64 Å². The summed E-state index contributed by atoms with van der Waals surface area (Å²) in [6.07, 6.45) is 4.79. The molecule has 1 aromatic carbocycles. The summed E-state index contributed by atoms with van der Waals surface area (Å²) in [5, 5.41) is 0.524. The molecular formula is C18H25ClN2O3. The van der Waals surface area contributed by atoms with Crippen LogP contribution in [0, 0.1) is 0 Å². The number of amides is 2. The zero-order valence-electron chi connectivity index (χ0n) is 14.4. The second-order valence-electron chi connectivity index (χ2n) is 6.03. The number of carbonyl (C=O) groups excluding carboxylic acids is 2. The van der Waals surface area contributed by atoms with Crippen molar-refractivity contribution in [2.24, 2.45) is 0 Å². The maximum atomic E-state index is 12.5. The largest absolute Gasteiger partial charge is 0.495 e. The molecule has 0 spiro atoms. The summed E-state index contributed by atoms with van der Waals surface area (Å²) in [7, 11) is 1.55. The van der Waals surface area contributed by atoms with Crippen molar-refractivity contribution in [2.45, 2.75) is 39.0 Å². The first-order valence-electron chi connectivity index (χ1n) is 8.42. The van der Waals surface area contributed by atoms with Crippen LogP contribution in [-0.2, 0) is 9.59 Å². The number of ether oxygens (including phenoxy) is 1. The van der Waals surface area contributed by atoms with Crippen molar-refractivity contribution in [1.29, 1.82) is 0 Å². The molecule has 5 nitrogen and oxygen atoms in total. The van der Waals surface area contributed by atoms with E-state index in [4.69, 9.17) is 16.3 Å². The summed E-state index contributed by atoms with van der Waals surface area (Å²) in [5.74, 6) is 0.528. The Morgan fingerprint density at radius 2 is 1.88 bits per heavy atom. The maximum absolute atomic E-state index is 12.5. The minimum atomic E-state index is -0.140. The van der Waals surface area contributed by atoms with Gasteiger partial charge in [-0.3, -0.25) is 9.59 Å². The number of nitrogens with zero attached hydrogens (tertiary/aromatic N) is 2. The van der Waals surface area contributed by atoms with E-state index in [1.54, 1.807) is 30.2 Å². The lowest BCUT2D eigenvalue weighted by molar-refractivity contribution is -0.131. The van der Waals surface area contributed by atoms with Crippen molar-refractivity contribution >= 4 is 29.1 Å². The highest BCUT2D eigenvalue weighted by molar-refractivity contribution is 6.31. The van der Waals surface area contributed by atoms with Gasteiger partial charge in [0.1, 0.15) is 5.75 Å². The monoisotopic (exact) mass is 352 g/mol. The van der Waals surface area contributed by atoms with Crippen molar-refractivity contribution in [2.75, 3.05) is 31.6 Å². The second-order valence-corrected chi connectivity index (χ2v) is 6.47. The van der Waals surface area contributed by atoms with Gasteiger partial charge in [0.05, 0.1) is 12.8 Å². The molecule has 1 aliphatic rings. The summed E-state index contributed by atoms with van der Waals surface area (Å²) in [6.45, 7) is 3.44. The third-order valence-electron chi connectivity index (χ3n) is 4.32. The molecule has 6 heteroatoms. The first kappa shape index (κ1) is 18.6. The number of halogens is 1. The van der Waals surface area contributed by atoms with E-state index >= 15 is 0 Å². The number of likely N-dealkylation sites (tertiary alicyclic amines) is 1. The molecule has 0 atom stereocenters. The molecule has 0 aliphatic carbocycles. The van der Waals surface area contributed by atoms with Crippen LogP contribution in [0.5, 0.6) is 5.75 Å². The molecule has 0 radical (unpaired) electrons. The molecule has 0 N–H and O–H groups in total. The van der Waals surface area contributed by atoms with Crippen LogP contribution in [-0.4, -0.2) is 43.5 Å². The Hall–Kier alpha value is -1.75. The van der Waals surface area contributed by atoms with E-state index in [0.29, 0.717) is 29.4 Å². The number of benzene rings is 1. The van der Waals surface area contributed by atoms with Gasteiger partial charge in [0.15, 0.2) is 0 Å².